The van der Waals surface area contributed by atoms with Gasteiger partial charge in [-0.2, -0.15) is 0 Å². The monoisotopic (exact) mass is 313 g/mol. The maximum absolute atomic E-state index is 4.73. The Morgan fingerprint density at radius 3 is 3.18 bits per heavy atom. The van der Waals surface area contributed by atoms with Crippen molar-refractivity contribution in [2.75, 3.05) is 18.0 Å². The lowest BCUT2D eigenvalue weighted by Crippen LogP contribution is -2.37. The first-order valence-electron chi connectivity index (χ1n) is 7.72. The molecule has 0 aromatic carbocycles. The zero-order valence-corrected chi connectivity index (χ0v) is 13.5. The lowest BCUT2D eigenvalue weighted by molar-refractivity contribution is 0.365. The number of aromatic nitrogens is 4. The predicted octanol–water partition coefficient (Wildman–Crippen LogP) is 3.11. The molecule has 0 spiro atoms. The molecule has 114 valence electrons. The Morgan fingerprint density at radius 1 is 1.36 bits per heavy atom. The van der Waals surface area contributed by atoms with Gasteiger partial charge in [-0.1, -0.05) is 0 Å². The van der Waals surface area contributed by atoms with Crippen LogP contribution in [0.25, 0.3) is 10.2 Å². The molecule has 0 N–H and O–H groups in total. The van der Waals surface area contributed by atoms with Crippen molar-refractivity contribution in [3.63, 3.8) is 0 Å². The molecule has 0 radical (unpaired) electrons. The first kappa shape index (κ1) is 13.7. The fourth-order valence-electron chi connectivity index (χ4n) is 3.27. The smallest absolute Gasteiger partial charge is 0.150 e. The molecular weight excluding hydrogens is 294 g/mol. The van der Waals surface area contributed by atoms with Crippen LogP contribution in [0.5, 0.6) is 0 Å². The van der Waals surface area contributed by atoms with Crippen LogP contribution in [0, 0.1) is 12.8 Å². The minimum atomic E-state index is 0.647. The predicted molar refractivity (Wildman–Crippen MR) is 89.3 cm³/mol. The highest BCUT2D eigenvalue weighted by atomic mass is 32.1. The lowest BCUT2D eigenvalue weighted by atomic mass is 9.98. The van der Waals surface area contributed by atoms with Crippen LogP contribution in [0.3, 0.4) is 0 Å². The number of fused-ring (bicyclic) bond motifs is 1. The number of anilines is 1. The third kappa shape index (κ3) is 2.59. The van der Waals surface area contributed by atoms with Crippen molar-refractivity contribution in [1.82, 2.24) is 19.5 Å². The van der Waals surface area contributed by atoms with Crippen molar-refractivity contribution in [2.24, 2.45) is 5.92 Å². The second kappa shape index (κ2) is 5.68. The van der Waals surface area contributed by atoms with Crippen LogP contribution >= 0.6 is 11.3 Å². The summed E-state index contributed by atoms with van der Waals surface area (Å²) in [5, 5.41) is 2.11. The molecule has 4 heterocycles. The van der Waals surface area contributed by atoms with Crippen LogP contribution in [0.4, 0.5) is 5.82 Å². The van der Waals surface area contributed by atoms with Gasteiger partial charge in [0.1, 0.15) is 11.6 Å². The second-order valence-electron chi connectivity index (χ2n) is 5.94. The standard InChI is InChI=1S/C16H19N5S/c1-12-18-14-4-8-22-15(14)16(19-12)21-6-2-3-13(10-21)9-20-7-5-17-11-20/h4-5,7-8,11,13H,2-3,6,9-10H2,1H3. The summed E-state index contributed by atoms with van der Waals surface area (Å²) in [5.41, 5.74) is 1.07. The minimum Gasteiger partial charge on any atom is -0.355 e. The van der Waals surface area contributed by atoms with E-state index in [2.05, 4.69) is 30.9 Å². The molecule has 1 fully saturated rings. The van der Waals surface area contributed by atoms with Gasteiger partial charge in [0, 0.05) is 32.0 Å². The highest BCUT2D eigenvalue weighted by Crippen LogP contribution is 2.31. The van der Waals surface area contributed by atoms with E-state index in [0.29, 0.717) is 5.92 Å². The Bertz CT molecular complexity index is 764. The van der Waals surface area contributed by atoms with Gasteiger partial charge in [-0.05, 0) is 37.1 Å². The molecule has 1 unspecified atom stereocenters. The van der Waals surface area contributed by atoms with Gasteiger partial charge in [-0.3, -0.25) is 0 Å². The van der Waals surface area contributed by atoms with Gasteiger partial charge >= 0.3 is 0 Å². The average Bonchev–Trinajstić information content (AvgIpc) is 3.18. The van der Waals surface area contributed by atoms with E-state index >= 15 is 0 Å². The maximum Gasteiger partial charge on any atom is 0.150 e. The molecular formula is C16H19N5S. The average molecular weight is 313 g/mol. The molecule has 0 bridgehead atoms. The van der Waals surface area contributed by atoms with E-state index in [1.807, 2.05) is 25.6 Å². The molecule has 22 heavy (non-hydrogen) atoms. The number of rotatable bonds is 3. The van der Waals surface area contributed by atoms with Crippen LogP contribution < -0.4 is 4.90 Å². The van der Waals surface area contributed by atoms with Crippen molar-refractivity contribution in [1.29, 1.82) is 0 Å². The second-order valence-corrected chi connectivity index (χ2v) is 6.86. The third-order valence-electron chi connectivity index (χ3n) is 4.24. The minimum absolute atomic E-state index is 0.647. The van der Waals surface area contributed by atoms with Crippen LogP contribution in [0.15, 0.2) is 30.2 Å². The van der Waals surface area contributed by atoms with Crippen molar-refractivity contribution in [2.45, 2.75) is 26.3 Å². The topological polar surface area (TPSA) is 46.8 Å². The highest BCUT2D eigenvalue weighted by molar-refractivity contribution is 7.17. The van der Waals surface area contributed by atoms with Gasteiger partial charge in [0.2, 0.25) is 0 Å². The lowest BCUT2D eigenvalue weighted by Gasteiger charge is -2.34. The molecule has 1 saturated heterocycles. The number of hydrogen-bond acceptors (Lipinski definition) is 5. The molecule has 1 atom stereocenters. The molecule has 0 aliphatic carbocycles. The fraction of sp³-hybridized carbons (Fsp3) is 0.438. The van der Waals surface area contributed by atoms with Crippen molar-refractivity contribution < 1.29 is 0 Å². The molecule has 3 aromatic heterocycles. The van der Waals surface area contributed by atoms with Gasteiger partial charge in [0.15, 0.2) is 0 Å². The van der Waals surface area contributed by atoms with Gasteiger partial charge in [-0.25, -0.2) is 15.0 Å². The number of piperidine rings is 1. The summed E-state index contributed by atoms with van der Waals surface area (Å²) < 4.78 is 3.40. The summed E-state index contributed by atoms with van der Waals surface area (Å²) in [7, 11) is 0. The largest absolute Gasteiger partial charge is 0.355 e. The summed E-state index contributed by atoms with van der Waals surface area (Å²) in [4.78, 5) is 15.8. The molecule has 6 heteroatoms. The number of hydrogen-bond donors (Lipinski definition) is 0. The van der Waals surface area contributed by atoms with E-state index in [0.717, 1.165) is 36.8 Å². The van der Waals surface area contributed by atoms with Crippen molar-refractivity contribution >= 4 is 27.4 Å². The highest BCUT2D eigenvalue weighted by Gasteiger charge is 2.23. The van der Waals surface area contributed by atoms with E-state index in [4.69, 9.17) is 4.98 Å². The van der Waals surface area contributed by atoms with Crippen molar-refractivity contribution in [3.05, 3.63) is 36.0 Å². The van der Waals surface area contributed by atoms with Gasteiger partial charge in [-0.15, -0.1) is 11.3 Å². The Morgan fingerprint density at radius 2 is 2.32 bits per heavy atom. The zero-order valence-electron chi connectivity index (χ0n) is 12.6. The molecule has 3 aromatic rings. The van der Waals surface area contributed by atoms with E-state index in [9.17, 15) is 0 Å². The molecule has 0 saturated carbocycles. The summed E-state index contributed by atoms with van der Waals surface area (Å²) in [6, 6.07) is 2.09. The van der Waals surface area contributed by atoms with Crippen LogP contribution in [0.2, 0.25) is 0 Å². The first-order valence-corrected chi connectivity index (χ1v) is 8.60. The van der Waals surface area contributed by atoms with E-state index in [1.165, 1.54) is 17.5 Å². The maximum atomic E-state index is 4.73. The zero-order chi connectivity index (χ0) is 14.9. The summed E-state index contributed by atoms with van der Waals surface area (Å²) >= 11 is 1.74. The van der Waals surface area contributed by atoms with Crippen LogP contribution in [-0.2, 0) is 6.54 Å². The molecule has 0 amide bonds. The summed E-state index contributed by atoms with van der Waals surface area (Å²) in [6.45, 7) is 5.16. The van der Waals surface area contributed by atoms with E-state index in [-0.39, 0.29) is 0 Å². The molecule has 4 rings (SSSR count). The van der Waals surface area contributed by atoms with E-state index in [1.54, 1.807) is 11.3 Å². The Kier molecular flexibility index (Phi) is 3.54. The van der Waals surface area contributed by atoms with Gasteiger partial charge in [0.05, 0.1) is 16.5 Å². The molecule has 1 aliphatic rings. The van der Waals surface area contributed by atoms with Crippen LogP contribution in [-0.4, -0.2) is 32.6 Å². The normalized spacial score (nSPS) is 19.0. The van der Waals surface area contributed by atoms with Gasteiger partial charge < -0.3 is 9.47 Å². The number of imidazole rings is 1. The first-order chi connectivity index (χ1) is 10.8. The van der Waals surface area contributed by atoms with Crippen LogP contribution in [0.1, 0.15) is 18.7 Å². The van der Waals surface area contributed by atoms with Gasteiger partial charge in [0.25, 0.3) is 0 Å². The Balaban J connectivity index is 1.59. The fourth-order valence-corrected chi connectivity index (χ4v) is 4.12. The molecule has 5 nitrogen and oxygen atoms in total. The van der Waals surface area contributed by atoms with Crippen molar-refractivity contribution in [3.8, 4) is 0 Å². The number of nitrogens with zero attached hydrogens (tertiary/aromatic N) is 5. The number of thiophene rings is 1. The Labute approximate surface area is 133 Å². The third-order valence-corrected chi connectivity index (χ3v) is 5.14. The quantitative estimate of drug-likeness (QED) is 0.745. The van der Waals surface area contributed by atoms with E-state index < -0.39 is 0 Å². The number of aryl methyl sites for hydroxylation is 1. The Hall–Kier alpha value is -1.95. The SMILES string of the molecule is Cc1nc(N2CCCC(Cn3ccnc3)C2)c2sccc2n1. The molecule has 1 aliphatic heterocycles. The summed E-state index contributed by atoms with van der Waals surface area (Å²) in [6.07, 6.45) is 8.29. The summed E-state index contributed by atoms with van der Waals surface area (Å²) in [5.74, 6) is 2.62.